The van der Waals surface area contributed by atoms with Gasteiger partial charge in [-0.2, -0.15) is 0 Å². The van der Waals surface area contributed by atoms with Crippen LogP contribution in [0.15, 0.2) is 104 Å². The molecule has 7 rings (SSSR count). The highest BCUT2D eigenvalue weighted by Gasteiger charge is 2.38. The summed E-state index contributed by atoms with van der Waals surface area (Å²) in [6.45, 7) is 22.1. The zero-order chi connectivity index (χ0) is 50.0. The number of rotatable bonds is 21. The summed E-state index contributed by atoms with van der Waals surface area (Å²) in [6.07, 6.45) is 2.57. The summed E-state index contributed by atoms with van der Waals surface area (Å²) >= 11 is 0. The molecule has 3 amide bonds. The van der Waals surface area contributed by atoms with Gasteiger partial charge in [0.1, 0.15) is 12.3 Å². The number of aryl methyl sites for hydroxylation is 1. The van der Waals surface area contributed by atoms with Crippen LogP contribution in [0.2, 0.25) is 0 Å². The number of esters is 1. The van der Waals surface area contributed by atoms with Gasteiger partial charge in [-0.25, -0.2) is 9.48 Å². The minimum absolute atomic E-state index is 0.0728. The van der Waals surface area contributed by atoms with Gasteiger partial charge >= 0.3 is 5.97 Å². The highest BCUT2D eigenvalue weighted by atomic mass is 16.5. The number of carbonyl (C=O) groups excluding carboxylic acids is 4. The van der Waals surface area contributed by atoms with Gasteiger partial charge in [-0.15, -0.1) is 5.10 Å². The number of aromatic nitrogens is 3. The smallest absolute Gasteiger partial charge is 0.338 e. The van der Waals surface area contributed by atoms with Crippen LogP contribution in [0, 0.1) is 6.92 Å². The van der Waals surface area contributed by atoms with E-state index in [1.165, 1.54) is 16.7 Å². The molecule has 0 fully saturated rings. The number of methoxy groups -OCH3 is 1. The lowest BCUT2D eigenvalue weighted by molar-refractivity contribution is -0.122. The second-order valence-electron chi connectivity index (χ2n) is 19.2. The van der Waals surface area contributed by atoms with Gasteiger partial charge in [-0.3, -0.25) is 14.4 Å². The number of nitrogens with one attached hydrogen (secondary N) is 2. The zero-order valence-corrected chi connectivity index (χ0v) is 41.5. The first kappa shape index (κ1) is 51.1. The zero-order valence-electron chi connectivity index (χ0n) is 41.5. The van der Waals surface area contributed by atoms with Crippen LogP contribution in [-0.4, -0.2) is 98.5 Å². The Morgan fingerprint density at radius 2 is 1.41 bits per heavy atom. The molecule has 1 aromatic heterocycles. The van der Waals surface area contributed by atoms with Gasteiger partial charge in [0.25, 0.3) is 0 Å². The molecule has 0 saturated heterocycles. The molecule has 0 saturated carbocycles. The maximum absolute atomic E-state index is 13.8. The fraction of sp³-hybridized carbons (Fsp3) is 0.393. The van der Waals surface area contributed by atoms with E-state index < -0.39 is 11.9 Å². The number of amides is 3. The number of nitrogens with zero attached hydrogens (tertiary/aromatic N) is 4. The van der Waals surface area contributed by atoms with Crippen LogP contribution in [0.4, 0.5) is 5.69 Å². The molecular weight excluding hydrogens is 885 g/mol. The van der Waals surface area contributed by atoms with Gasteiger partial charge in [0.05, 0.1) is 63.1 Å². The monoisotopic (exact) mass is 950 g/mol. The summed E-state index contributed by atoms with van der Waals surface area (Å²) in [4.78, 5) is 53.8. The Kier molecular flexibility index (Phi) is 16.6. The Morgan fingerprint density at radius 3 is 2.16 bits per heavy atom. The van der Waals surface area contributed by atoms with Crippen molar-refractivity contribution < 1.29 is 38.1 Å². The number of ether oxygens (including phenoxy) is 4. The molecule has 5 aromatic rings. The molecular formula is C56H66N6O8. The number of fused-ring (bicyclic) bond motifs is 6. The van der Waals surface area contributed by atoms with Crippen LogP contribution < -0.4 is 15.5 Å². The maximum atomic E-state index is 13.8. The molecule has 1 aliphatic heterocycles. The predicted octanol–water partition coefficient (Wildman–Crippen LogP) is 8.28. The Bertz CT molecular complexity index is 2740. The SMILES string of the molecule is C=C(COC(=O)c1ccc(C(=C)c2cc3c(cc2C)C(C)(C)CCC3(C)C)cc1)C(=O)NCCOCCn1nnc2c1-c1ccccc1CN(C(=O)CCNC(=O)CCOCCOC)c1ccccc1-2. The lowest BCUT2D eigenvalue weighted by Crippen LogP contribution is -2.35. The van der Waals surface area contributed by atoms with Crippen molar-refractivity contribution in [2.24, 2.45) is 0 Å². The third-order valence-electron chi connectivity index (χ3n) is 13.3. The van der Waals surface area contributed by atoms with Crippen LogP contribution in [-0.2, 0) is 57.3 Å². The van der Waals surface area contributed by atoms with E-state index in [2.05, 4.69) is 80.9 Å². The summed E-state index contributed by atoms with van der Waals surface area (Å²) < 4.78 is 23.5. The van der Waals surface area contributed by atoms with Gasteiger partial charge < -0.3 is 34.5 Å². The van der Waals surface area contributed by atoms with Crippen molar-refractivity contribution in [2.75, 3.05) is 64.7 Å². The van der Waals surface area contributed by atoms with E-state index in [1.54, 1.807) is 28.8 Å². The highest BCUT2D eigenvalue weighted by Crippen LogP contribution is 2.47. The Balaban J connectivity index is 0.876. The van der Waals surface area contributed by atoms with Crippen molar-refractivity contribution in [3.8, 4) is 22.5 Å². The van der Waals surface area contributed by atoms with Crippen molar-refractivity contribution in [2.45, 2.75) is 84.2 Å². The summed E-state index contributed by atoms with van der Waals surface area (Å²) in [6, 6.07) is 27.3. The number of anilines is 1. The normalized spacial score (nSPS) is 14.2. The van der Waals surface area contributed by atoms with Gasteiger partial charge in [0, 0.05) is 49.7 Å². The quantitative estimate of drug-likeness (QED) is 0.0416. The van der Waals surface area contributed by atoms with E-state index in [4.69, 9.17) is 18.9 Å². The van der Waals surface area contributed by atoms with Gasteiger partial charge in [-0.05, 0) is 87.7 Å². The fourth-order valence-electron chi connectivity index (χ4n) is 9.06. The minimum atomic E-state index is -0.559. The van der Waals surface area contributed by atoms with E-state index in [1.807, 2.05) is 60.7 Å². The second-order valence-corrected chi connectivity index (χ2v) is 19.2. The van der Waals surface area contributed by atoms with Crippen LogP contribution in [0.25, 0.3) is 28.1 Å². The summed E-state index contributed by atoms with van der Waals surface area (Å²) in [5, 5.41) is 14.7. The third kappa shape index (κ3) is 12.0. The number of benzene rings is 4. The van der Waals surface area contributed by atoms with Crippen molar-refractivity contribution in [3.05, 3.63) is 143 Å². The molecule has 70 heavy (non-hydrogen) atoms. The Labute approximate surface area is 411 Å². The molecule has 14 nitrogen and oxygen atoms in total. The molecule has 0 atom stereocenters. The number of hydrogen-bond acceptors (Lipinski definition) is 10. The fourth-order valence-corrected chi connectivity index (χ4v) is 9.06. The van der Waals surface area contributed by atoms with Crippen molar-refractivity contribution in [1.82, 2.24) is 25.6 Å². The van der Waals surface area contributed by atoms with Gasteiger partial charge in [0.2, 0.25) is 17.7 Å². The van der Waals surface area contributed by atoms with Crippen molar-refractivity contribution in [3.63, 3.8) is 0 Å². The third-order valence-corrected chi connectivity index (χ3v) is 13.3. The van der Waals surface area contributed by atoms with Gasteiger partial charge in [-0.1, -0.05) is 113 Å². The van der Waals surface area contributed by atoms with E-state index in [0.717, 1.165) is 51.9 Å². The largest absolute Gasteiger partial charge is 0.457 e. The summed E-state index contributed by atoms with van der Waals surface area (Å²) in [5.74, 6) is -1.34. The molecule has 2 heterocycles. The topological polar surface area (TPSA) is 163 Å². The van der Waals surface area contributed by atoms with E-state index in [-0.39, 0.29) is 80.6 Å². The number of para-hydroxylation sites is 1. The molecule has 368 valence electrons. The molecule has 14 heteroatoms. The van der Waals surface area contributed by atoms with Crippen LogP contribution in [0.3, 0.4) is 0 Å². The molecule has 0 unspecified atom stereocenters. The van der Waals surface area contributed by atoms with Crippen molar-refractivity contribution in [1.29, 1.82) is 0 Å². The summed E-state index contributed by atoms with van der Waals surface area (Å²) in [7, 11) is 1.59. The second kappa shape index (κ2) is 22.8. The standard InChI is InChI=1S/C56H66N6O8/c1-37-33-46-47(56(6,7)24-23-55(46,4)5)34-45(37)39(3)40-17-19-41(20-18-40)54(66)70-36-38(2)53(65)58-26-29-69-30-27-62-52-43-14-10-9-13-42(43)35-61(48-16-12-11-15-44(48)51(52)59-60-62)50(64)21-25-57-49(63)22-28-68-32-31-67-8/h9-20,33-34H,2-3,21-32,35-36H2,1,4-8H3,(H,57,63)(H,58,65). The first-order chi connectivity index (χ1) is 33.6. The molecule has 0 spiro atoms. The van der Waals surface area contributed by atoms with Crippen LogP contribution >= 0.6 is 0 Å². The predicted molar refractivity (Wildman–Crippen MR) is 271 cm³/mol. The lowest BCUT2D eigenvalue weighted by atomic mass is 9.62. The molecule has 2 aliphatic rings. The number of carbonyl (C=O) groups is 4. The van der Waals surface area contributed by atoms with Crippen LogP contribution in [0.1, 0.15) is 97.1 Å². The van der Waals surface area contributed by atoms with E-state index >= 15 is 0 Å². The summed E-state index contributed by atoms with van der Waals surface area (Å²) in [5.41, 5.74) is 12.2. The molecule has 0 radical (unpaired) electrons. The Morgan fingerprint density at radius 1 is 0.743 bits per heavy atom. The van der Waals surface area contributed by atoms with Crippen LogP contribution in [0.5, 0.6) is 0 Å². The Hall–Kier alpha value is -6.74. The van der Waals surface area contributed by atoms with E-state index in [9.17, 15) is 19.2 Å². The molecule has 1 aliphatic carbocycles. The molecule has 0 bridgehead atoms. The van der Waals surface area contributed by atoms with Crippen molar-refractivity contribution >= 4 is 35.0 Å². The van der Waals surface area contributed by atoms with E-state index in [0.29, 0.717) is 43.2 Å². The maximum Gasteiger partial charge on any atom is 0.338 e. The average Bonchev–Trinajstić information content (AvgIpc) is 3.76. The number of hydrogen-bond donors (Lipinski definition) is 2. The van der Waals surface area contributed by atoms with Gasteiger partial charge in [0.15, 0.2) is 0 Å². The first-order valence-corrected chi connectivity index (χ1v) is 24.0. The highest BCUT2D eigenvalue weighted by molar-refractivity contribution is 6.00. The minimum Gasteiger partial charge on any atom is -0.457 e. The molecule has 4 aromatic carbocycles. The lowest BCUT2D eigenvalue weighted by Gasteiger charge is -2.42. The molecule has 2 N–H and O–H groups in total. The average molecular weight is 951 g/mol. The first-order valence-electron chi connectivity index (χ1n) is 24.0.